The largest absolute Gasteiger partial charge is 0.294 e. The van der Waals surface area contributed by atoms with Gasteiger partial charge in [0.2, 0.25) is 0 Å². The number of ketones is 1. The van der Waals surface area contributed by atoms with Crippen molar-refractivity contribution in [2.75, 3.05) is 0 Å². The number of hydrogen-bond acceptors (Lipinski definition) is 1. The molecule has 2 aromatic carbocycles. The van der Waals surface area contributed by atoms with Gasteiger partial charge in [-0.05, 0) is 73.4 Å². The molecule has 0 bridgehead atoms. The number of halogens is 2. The van der Waals surface area contributed by atoms with Gasteiger partial charge >= 0.3 is 0 Å². The van der Waals surface area contributed by atoms with Crippen molar-refractivity contribution in [3.05, 3.63) is 70.2 Å². The molecule has 0 atom stereocenters. The van der Waals surface area contributed by atoms with E-state index in [0.29, 0.717) is 16.8 Å². The van der Waals surface area contributed by atoms with Crippen LogP contribution in [0, 0.1) is 11.8 Å². The zero-order valence-electron chi connectivity index (χ0n) is 13.7. The number of Topliss-reactive ketones (excluding diaryl/α,β-unsaturated/α-hetero) is 1. The van der Waals surface area contributed by atoms with E-state index in [-0.39, 0.29) is 11.7 Å². The van der Waals surface area contributed by atoms with Gasteiger partial charge in [-0.2, -0.15) is 0 Å². The molecule has 126 valence electrons. The summed E-state index contributed by atoms with van der Waals surface area (Å²) in [4.78, 5) is 12.6. The smallest absolute Gasteiger partial charge is 0.165 e. The van der Waals surface area contributed by atoms with E-state index in [4.69, 9.17) is 23.2 Å². The number of carbonyl (C=O) groups excluding carboxylic acids is 1. The van der Waals surface area contributed by atoms with E-state index in [2.05, 4.69) is 24.3 Å². The van der Waals surface area contributed by atoms with Crippen LogP contribution in [0.4, 0.5) is 0 Å². The van der Waals surface area contributed by atoms with Gasteiger partial charge in [-0.3, -0.25) is 4.79 Å². The highest BCUT2D eigenvalue weighted by molar-refractivity contribution is 6.30. The lowest BCUT2D eigenvalue weighted by atomic mass is 9.76. The Bertz CT molecular complexity index is 668. The molecule has 3 heteroatoms. The van der Waals surface area contributed by atoms with Gasteiger partial charge in [-0.25, -0.2) is 0 Å². The average Bonchev–Trinajstić information content (AvgIpc) is 2.63. The minimum absolute atomic E-state index is 0.168. The molecular formula is C21H22Cl2O. The second-order valence-corrected chi connectivity index (χ2v) is 7.45. The van der Waals surface area contributed by atoms with Crippen LogP contribution in [0.2, 0.25) is 5.02 Å². The molecule has 0 radical (unpaired) electrons. The fraction of sp³-hybridized carbons (Fsp3) is 0.381. The zero-order valence-corrected chi connectivity index (χ0v) is 15.2. The van der Waals surface area contributed by atoms with Crippen LogP contribution in [-0.4, -0.2) is 5.78 Å². The Morgan fingerprint density at radius 2 is 1.46 bits per heavy atom. The fourth-order valence-electron chi connectivity index (χ4n) is 3.58. The summed E-state index contributed by atoms with van der Waals surface area (Å²) in [7, 11) is 0. The van der Waals surface area contributed by atoms with Gasteiger partial charge in [0.25, 0.3) is 0 Å². The third kappa shape index (κ3) is 4.40. The minimum Gasteiger partial charge on any atom is -0.294 e. The lowest BCUT2D eigenvalue weighted by molar-refractivity contribution is 0.0872. The monoisotopic (exact) mass is 360 g/mol. The highest BCUT2D eigenvalue weighted by atomic mass is 35.5. The molecule has 0 spiro atoms. The highest BCUT2D eigenvalue weighted by Crippen LogP contribution is 2.33. The molecule has 0 heterocycles. The molecule has 0 aromatic heterocycles. The summed E-state index contributed by atoms with van der Waals surface area (Å²) >= 11 is 11.7. The van der Waals surface area contributed by atoms with Crippen molar-refractivity contribution in [2.45, 2.75) is 38.0 Å². The Morgan fingerprint density at radius 3 is 2.04 bits per heavy atom. The van der Waals surface area contributed by atoms with Crippen molar-refractivity contribution in [3.63, 3.8) is 0 Å². The Morgan fingerprint density at radius 1 is 0.875 bits per heavy atom. The first-order valence-electron chi connectivity index (χ1n) is 8.59. The summed E-state index contributed by atoms with van der Waals surface area (Å²) in [6.07, 6.45) is 5.34. The van der Waals surface area contributed by atoms with Crippen molar-refractivity contribution in [1.29, 1.82) is 0 Å². The lowest BCUT2D eigenvalue weighted by Crippen LogP contribution is -2.23. The molecule has 24 heavy (non-hydrogen) atoms. The predicted molar refractivity (Wildman–Crippen MR) is 101 cm³/mol. The summed E-state index contributed by atoms with van der Waals surface area (Å²) < 4.78 is 0. The minimum atomic E-state index is 0.168. The first-order chi connectivity index (χ1) is 11.7. The fourth-order valence-corrected chi connectivity index (χ4v) is 3.88. The number of rotatable bonds is 5. The molecule has 1 fully saturated rings. The van der Waals surface area contributed by atoms with Gasteiger partial charge in [0, 0.05) is 22.4 Å². The first kappa shape index (κ1) is 17.5. The maximum Gasteiger partial charge on any atom is 0.165 e. The Labute approximate surface area is 154 Å². The van der Waals surface area contributed by atoms with E-state index in [1.807, 2.05) is 12.1 Å². The van der Waals surface area contributed by atoms with E-state index in [1.165, 1.54) is 5.56 Å². The number of alkyl halides is 1. The number of benzene rings is 2. The molecule has 1 aliphatic rings. The maximum absolute atomic E-state index is 12.6. The Kier molecular flexibility index (Phi) is 5.97. The van der Waals surface area contributed by atoms with Crippen molar-refractivity contribution in [1.82, 2.24) is 0 Å². The number of carbonyl (C=O) groups is 1. The molecule has 0 N–H and O–H groups in total. The quantitative estimate of drug-likeness (QED) is 0.450. The summed E-state index contributed by atoms with van der Waals surface area (Å²) in [5, 5.41) is 0.676. The van der Waals surface area contributed by atoms with Crippen LogP contribution >= 0.6 is 23.2 Å². The van der Waals surface area contributed by atoms with E-state index >= 15 is 0 Å². The van der Waals surface area contributed by atoms with Crippen molar-refractivity contribution in [2.24, 2.45) is 11.8 Å². The van der Waals surface area contributed by atoms with Gasteiger partial charge < -0.3 is 0 Å². The Hall–Kier alpha value is -1.31. The molecule has 0 aliphatic heterocycles. The van der Waals surface area contributed by atoms with Crippen LogP contribution in [0.25, 0.3) is 0 Å². The van der Waals surface area contributed by atoms with E-state index < -0.39 is 0 Å². The second kappa shape index (κ2) is 8.18. The molecule has 1 saturated carbocycles. The number of hydrogen-bond donors (Lipinski definition) is 0. The van der Waals surface area contributed by atoms with Crippen molar-refractivity contribution in [3.8, 4) is 0 Å². The van der Waals surface area contributed by atoms with Gasteiger partial charge in [0.05, 0.1) is 0 Å². The normalized spacial score (nSPS) is 20.8. The molecule has 2 aromatic rings. The van der Waals surface area contributed by atoms with Crippen LogP contribution < -0.4 is 0 Å². The standard InChI is InChI=1S/C21H22Cl2O/c22-14-17-3-1-15(2-4-17)13-16-5-7-18(8-6-16)21(24)19-9-11-20(23)12-10-19/h1-4,9-12,16,18H,5-8,13-14H2. The molecule has 3 rings (SSSR count). The van der Waals surface area contributed by atoms with Crippen molar-refractivity contribution >= 4 is 29.0 Å². The second-order valence-electron chi connectivity index (χ2n) is 6.74. The maximum atomic E-state index is 12.6. The molecule has 0 saturated heterocycles. The molecule has 1 aliphatic carbocycles. The highest BCUT2D eigenvalue weighted by Gasteiger charge is 2.27. The van der Waals surface area contributed by atoms with Gasteiger partial charge in [-0.1, -0.05) is 35.9 Å². The van der Waals surface area contributed by atoms with Gasteiger partial charge in [-0.15, -0.1) is 11.6 Å². The molecule has 0 unspecified atom stereocenters. The van der Waals surface area contributed by atoms with E-state index in [9.17, 15) is 4.79 Å². The third-order valence-electron chi connectivity index (χ3n) is 5.05. The summed E-state index contributed by atoms with van der Waals surface area (Å²) in [6.45, 7) is 0. The van der Waals surface area contributed by atoms with Crippen LogP contribution in [0.1, 0.15) is 47.2 Å². The molecular weight excluding hydrogens is 339 g/mol. The molecule has 1 nitrogen and oxygen atoms in total. The Balaban J connectivity index is 1.53. The third-order valence-corrected chi connectivity index (χ3v) is 5.61. The van der Waals surface area contributed by atoms with Gasteiger partial charge in [0.15, 0.2) is 5.78 Å². The zero-order chi connectivity index (χ0) is 16.9. The van der Waals surface area contributed by atoms with Crippen LogP contribution in [-0.2, 0) is 12.3 Å². The van der Waals surface area contributed by atoms with Gasteiger partial charge in [0.1, 0.15) is 0 Å². The lowest BCUT2D eigenvalue weighted by Gasteiger charge is -2.28. The summed E-state index contributed by atoms with van der Waals surface area (Å²) in [5.74, 6) is 1.69. The first-order valence-corrected chi connectivity index (χ1v) is 9.50. The average molecular weight is 361 g/mol. The molecule has 0 amide bonds. The van der Waals surface area contributed by atoms with Crippen molar-refractivity contribution < 1.29 is 4.79 Å². The summed E-state index contributed by atoms with van der Waals surface area (Å²) in [5.41, 5.74) is 3.33. The predicted octanol–water partition coefficient (Wildman–Crippen LogP) is 6.31. The topological polar surface area (TPSA) is 17.1 Å². The van der Waals surface area contributed by atoms with Crippen LogP contribution in [0.3, 0.4) is 0 Å². The SMILES string of the molecule is O=C(c1ccc(Cl)cc1)C1CCC(Cc2ccc(CCl)cc2)CC1. The van der Waals surface area contributed by atoms with E-state index in [0.717, 1.165) is 43.2 Å². The van der Waals surface area contributed by atoms with E-state index in [1.54, 1.807) is 12.1 Å². The summed E-state index contributed by atoms with van der Waals surface area (Å²) in [6, 6.07) is 15.9. The van der Waals surface area contributed by atoms with Crippen LogP contribution in [0.5, 0.6) is 0 Å². The van der Waals surface area contributed by atoms with Crippen LogP contribution in [0.15, 0.2) is 48.5 Å².